The van der Waals surface area contributed by atoms with Crippen LogP contribution in [0, 0.1) is 25.2 Å². The second kappa shape index (κ2) is 8.47. The first-order valence-corrected chi connectivity index (χ1v) is 10.1. The quantitative estimate of drug-likeness (QED) is 0.441. The molecule has 0 aliphatic carbocycles. The first kappa shape index (κ1) is 21.0. The molecule has 32 heavy (non-hydrogen) atoms. The highest BCUT2D eigenvalue weighted by atomic mass is 16.5. The number of nitrogens with zero attached hydrogens (tertiary/aromatic N) is 4. The smallest absolute Gasteiger partial charge is 0.307 e. The van der Waals surface area contributed by atoms with Gasteiger partial charge in [0.25, 0.3) is 11.8 Å². The van der Waals surface area contributed by atoms with Crippen molar-refractivity contribution in [1.29, 1.82) is 5.26 Å². The van der Waals surface area contributed by atoms with E-state index < -0.39 is 17.8 Å². The van der Waals surface area contributed by atoms with Gasteiger partial charge in [0.05, 0.1) is 34.6 Å². The van der Waals surface area contributed by atoms with Crippen molar-refractivity contribution in [3.05, 3.63) is 82.2 Å². The molecular weight excluding hydrogens is 408 g/mol. The van der Waals surface area contributed by atoms with Crippen LogP contribution < -0.4 is 0 Å². The van der Waals surface area contributed by atoms with E-state index >= 15 is 0 Å². The summed E-state index contributed by atoms with van der Waals surface area (Å²) in [4.78, 5) is 38.5. The Morgan fingerprint density at radius 2 is 1.78 bits per heavy atom. The standard InChI is InChI=1S/C24H20N4O4/c1-15-8-9-18-19(12-15)24(31)27(23(18)30)11-10-22(29)32-14-21-20(13-25)16(2)26-28(21)17-6-4-3-5-7-17/h3-9,12H,10-11,14H2,1-2H3. The van der Waals surface area contributed by atoms with Crippen molar-refractivity contribution in [2.75, 3.05) is 6.54 Å². The van der Waals surface area contributed by atoms with Crippen molar-refractivity contribution in [2.24, 2.45) is 0 Å². The van der Waals surface area contributed by atoms with Gasteiger partial charge in [-0.1, -0.05) is 29.8 Å². The third kappa shape index (κ3) is 3.76. The van der Waals surface area contributed by atoms with Gasteiger partial charge in [-0.3, -0.25) is 19.3 Å². The number of imide groups is 1. The van der Waals surface area contributed by atoms with Gasteiger partial charge in [-0.2, -0.15) is 10.4 Å². The molecule has 0 saturated carbocycles. The van der Waals surface area contributed by atoms with Crippen LogP contribution in [0.3, 0.4) is 0 Å². The summed E-state index contributed by atoms with van der Waals surface area (Å²) in [5.74, 6) is -1.41. The fourth-order valence-electron chi connectivity index (χ4n) is 3.67. The number of amides is 2. The molecule has 0 fully saturated rings. The van der Waals surface area contributed by atoms with Gasteiger partial charge in [0.2, 0.25) is 0 Å². The monoisotopic (exact) mass is 428 g/mol. The highest BCUT2D eigenvalue weighted by molar-refractivity contribution is 6.21. The van der Waals surface area contributed by atoms with E-state index in [4.69, 9.17) is 4.74 Å². The van der Waals surface area contributed by atoms with Gasteiger partial charge >= 0.3 is 5.97 Å². The van der Waals surface area contributed by atoms with E-state index in [-0.39, 0.29) is 19.6 Å². The molecule has 1 aromatic heterocycles. The summed E-state index contributed by atoms with van der Waals surface area (Å²) in [6.45, 7) is 3.33. The maximum absolute atomic E-state index is 12.5. The van der Waals surface area contributed by atoms with Crippen LogP contribution in [0.1, 0.15) is 49.7 Å². The minimum atomic E-state index is -0.583. The number of aryl methyl sites for hydroxylation is 2. The molecule has 2 aromatic carbocycles. The van der Waals surface area contributed by atoms with Crippen LogP contribution in [0.4, 0.5) is 0 Å². The molecule has 2 heterocycles. The van der Waals surface area contributed by atoms with E-state index in [0.29, 0.717) is 28.1 Å². The lowest BCUT2D eigenvalue weighted by molar-refractivity contribution is -0.145. The van der Waals surface area contributed by atoms with Crippen molar-refractivity contribution in [3.63, 3.8) is 0 Å². The number of nitriles is 1. The molecule has 2 amide bonds. The Kier molecular flexibility index (Phi) is 5.56. The van der Waals surface area contributed by atoms with E-state index in [1.54, 1.807) is 29.8 Å². The summed E-state index contributed by atoms with van der Waals surface area (Å²) in [6, 6.07) is 16.4. The number of ether oxygens (including phenoxy) is 1. The summed E-state index contributed by atoms with van der Waals surface area (Å²) >= 11 is 0. The first-order chi connectivity index (χ1) is 15.4. The van der Waals surface area contributed by atoms with Crippen LogP contribution in [0.2, 0.25) is 0 Å². The van der Waals surface area contributed by atoms with Gasteiger partial charge in [0.1, 0.15) is 18.2 Å². The largest absolute Gasteiger partial charge is 0.459 e. The van der Waals surface area contributed by atoms with Crippen molar-refractivity contribution in [2.45, 2.75) is 26.9 Å². The number of hydrogen-bond acceptors (Lipinski definition) is 6. The van der Waals surface area contributed by atoms with E-state index in [9.17, 15) is 19.6 Å². The van der Waals surface area contributed by atoms with Crippen LogP contribution >= 0.6 is 0 Å². The van der Waals surface area contributed by atoms with Gasteiger partial charge < -0.3 is 4.74 Å². The molecule has 0 atom stereocenters. The van der Waals surface area contributed by atoms with Crippen LogP contribution in [-0.4, -0.2) is 39.0 Å². The van der Waals surface area contributed by atoms with Crippen molar-refractivity contribution in [1.82, 2.24) is 14.7 Å². The van der Waals surface area contributed by atoms with E-state index in [1.165, 1.54) is 0 Å². The Balaban J connectivity index is 1.43. The van der Waals surface area contributed by atoms with Crippen LogP contribution in [0.25, 0.3) is 5.69 Å². The number of carbonyl (C=O) groups excluding carboxylic acids is 3. The molecule has 0 bridgehead atoms. The molecule has 4 rings (SSSR count). The Bertz CT molecular complexity index is 1270. The summed E-state index contributed by atoms with van der Waals surface area (Å²) in [5.41, 5.74) is 3.65. The SMILES string of the molecule is Cc1ccc2c(c1)C(=O)N(CCC(=O)OCc1c(C#N)c(C)nn1-c1ccccc1)C2=O. The number of benzene rings is 2. The van der Waals surface area contributed by atoms with Gasteiger partial charge in [0, 0.05) is 6.54 Å². The number of fused-ring (bicyclic) bond motifs is 1. The molecule has 1 aliphatic rings. The number of hydrogen-bond donors (Lipinski definition) is 0. The average Bonchev–Trinajstić information content (AvgIpc) is 3.24. The molecule has 1 aliphatic heterocycles. The van der Waals surface area contributed by atoms with Crippen molar-refractivity contribution >= 4 is 17.8 Å². The molecular formula is C24H20N4O4. The molecule has 0 spiro atoms. The normalized spacial score (nSPS) is 12.6. The van der Waals surface area contributed by atoms with E-state index in [1.807, 2.05) is 37.3 Å². The average molecular weight is 428 g/mol. The highest BCUT2D eigenvalue weighted by Crippen LogP contribution is 2.24. The molecule has 0 unspecified atom stereocenters. The number of rotatable bonds is 6. The number of aromatic nitrogens is 2. The summed E-state index contributed by atoms with van der Waals surface area (Å²) in [6.07, 6.45) is -0.148. The molecule has 0 N–H and O–H groups in total. The van der Waals surface area contributed by atoms with Crippen LogP contribution in [0.5, 0.6) is 0 Å². The summed E-state index contributed by atoms with van der Waals surface area (Å²) < 4.78 is 6.95. The predicted octanol–water partition coefficient (Wildman–Crippen LogP) is 3.09. The summed E-state index contributed by atoms with van der Waals surface area (Å²) in [7, 11) is 0. The maximum atomic E-state index is 12.5. The Morgan fingerprint density at radius 1 is 1.06 bits per heavy atom. The Morgan fingerprint density at radius 3 is 2.50 bits per heavy atom. The van der Waals surface area contributed by atoms with Gasteiger partial charge in [-0.05, 0) is 38.1 Å². The highest BCUT2D eigenvalue weighted by Gasteiger charge is 2.35. The third-order valence-corrected chi connectivity index (χ3v) is 5.30. The lowest BCUT2D eigenvalue weighted by Crippen LogP contribution is -2.32. The number of para-hydroxylation sites is 1. The Hall–Kier alpha value is -4.25. The molecule has 0 saturated heterocycles. The van der Waals surface area contributed by atoms with Crippen LogP contribution in [-0.2, 0) is 16.1 Å². The van der Waals surface area contributed by atoms with E-state index in [0.717, 1.165) is 16.2 Å². The number of esters is 1. The molecule has 0 radical (unpaired) electrons. The zero-order valence-electron chi connectivity index (χ0n) is 17.7. The third-order valence-electron chi connectivity index (χ3n) is 5.30. The molecule has 8 heteroatoms. The fraction of sp³-hybridized carbons (Fsp3) is 0.208. The predicted molar refractivity (Wildman–Crippen MR) is 114 cm³/mol. The molecule has 3 aromatic rings. The fourth-order valence-corrected chi connectivity index (χ4v) is 3.67. The van der Waals surface area contributed by atoms with Gasteiger partial charge in [-0.25, -0.2) is 4.68 Å². The second-order valence-corrected chi connectivity index (χ2v) is 7.49. The molecule has 8 nitrogen and oxygen atoms in total. The lowest BCUT2D eigenvalue weighted by Gasteiger charge is -2.13. The lowest BCUT2D eigenvalue weighted by atomic mass is 10.1. The minimum absolute atomic E-state index is 0.0771. The zero-order valence-corrected chi connectivity index (χ0v) is 17.7. The zero-order chi connectivity index (χ0) is 22.8. The topological polar surface area (TPSA) is 105 Å². The van der Waals surface area contributed by atoms with Gasteiger partial charge in [-0.15, -0.1) is 0 Å². The van der Waals surface area contributed by atoms with Crippen molar-refractivity contribution in [3.8, 4) is 11.8 Å². The van der Waals surface area contributed by atoms with Crippen LogP contribution in [0.15, 0.2) is 48.5 Å². The van der Waals surface area contributed by atoms with Crippen molar-refractivity contribution < 1.29 is 19.1 Å². The Labute approximate surface area is 184 Å². The minimum Gasteiger partial charge on any atom is -0.459 e. The summed E-state index contributed by atoms with van der Waals surface area (Å²) in [5, 5.41) is 13.9. The second-order valence-electron chi connectivity index (χ2n) is 7.49. The van der Waals surface area contributed by atoms with Gasteiger partial charge in [0.15, 0.2) is 0 Å². The maximum Gasteiger partial charge on any atom is 0.307 e. The number of carbonyl (C=O) groups is 3. The van der Waals surface area contributed by atoms with E-state index in [2.05, 4.69) is 11.2 Å². The first-order valence-electron chi connectivity index (χ1n) is 10.1. The molecule has 160 valence electrons.